The lowest BCUT2D eigenvalue weighted by atomic mass is 10.1. The number of aromatic amines is 1. The van der Waals surface area contributed by atoms with Crippen LogP contribution in [-0.4, -0.2) is 44.6 Å². The van der Waals surface area contributed by atoms with Crippen LogP contribution in [0.25, 0.3) is 0 Å². The molecule has 11 heteroatoms. The highest BCUT2D eigenvalue weighted by atomic mass is 35.5. The molecule has 4 atom stereocenters. The number of rotatable bonds is 8. The Morgan fingerprint density at radius 1 is 1.06 bits per heavy atom. The van der Waals surface area contributed by atoms with Gasteiger partial charge in [-0.3, -0.25) is 14.3 Å². The number of benzene rings is 2. The first-order valence-corrected chi connectivity index (χ1v) is 11.3. The summed E-state index contributed by atoms with van der Waals surface area (Å²) in [4.78, 5) is 25.4. The topological polar surface area (TPSA) is 126 Å². The number of hydrogen-bond donors (Lipinski definition) is 4. The Hall–Kier alpha value is -2.66. The van der Waals surface area contributed by atoms with Gasteiger partial charge in [0, 0.05) is 46.5 Å². The van der Waals surface area contributed by atoms with Crippen LogP contribution in [0, 0.1) is 0 Å². The van der Waals surface area contributed by atoms with Crippen molar-refractivity contribution in [3.63, 3.8) is 0 Å². The highest BCUT2D eigenvalue weighted by molar-refractivity contribution is 6.35. The molecule has 0 radical (unpaired) electrons. The molecule has 1 saturated heterocycles. The molecule has 2 heterocycles. The third-order valence-corrected chi connectivity index (χ3v) is 6.08. The summed E-state index contributed by atoms with van der Waals surface area (Å²) in [5.41, 5.74) is 0.374. The molecule has 4 N–H and O–H groups in total. The Balaban J connectivity index is 1.36. The van der Waals surface area contributed by atoms with Crippen molar-refractivity contribution in [2.75, 3.05) is 6.54 Å². The average Bonchev–Trinajstić information content (AvgIpc) is 3.08. The second kappa shape index (κ2) is 10.7. The zero-order valence-electron chi connectivity index (χ0n) is 17.9. The minimum Gasteiger partial charge on any atom is -0.489 e. The monoisotopic (exact) mass is 507 g/mol. The Morgan fingerprint density at radius 3 is 2.62 bits per heavy atom. The molecular weight excluding hydrogens is 485 g/mol. The zero-order chi connectivity index (χ0) is 24.2. The molecule has 3 aromatic rings. The lowest BCUT2D eigenvalue weighted by Gasteiger charge is -2.17. The summed E-state index contributed by atoms with van der Waals surface area (Å²) in [6, 6.07) is 13.8. The number of ether oxygens (including phenoxy) is 2. The molecule has 4 rings (SSSR count). The van der Waals surface area contributed by atoms with Gasteiger partial charge in [0.05, 0.1) is 0 Å². The minimum absolute atomic E-state index is 0.199. The van der Waals surface area contributed by atoms with E-state index >= 15 is 0 Å². The second-order valence-corrected chi connectivity index (χ2v) is 8.67. The van der Waals surface area contributed by atoms with Crippen molar-refractivity contribution >= 4 is 23.2 Å². The second-order valence-electron chi connectivity index (χ2n) is 7.83. The molecule has 0 unspecified atom stereocenters. The molecule has 0 spiro atoms. The summed E-state index contributed by atoms with van der Waals surface area (Å²) in [6.45, 7) is 0.861. The van der Waals surface area contributed by atoms with Crippen LogP contribution >= 0.6 is 23.2 Å². The number of hydrogen-bond acceptors (Lipinski definition) is 7. The third kappa shape index (κ3) is 5.52. The Kier molecular flexibility index (Phi) is 7.72. The highest BCUT2D eigenvalue weighted by Crippen LogP contribution is 2.28. The molecule has 1 aliphatic rings. The third-order valence-electron chi connectivity index (χ3n) is 5.49. The molecule has 0 saturated carbocycles. The van der Waals surface area contributed by atoms with Gasteiger partial charge in [-0.15, -0.1) is 0 Å². The fourth-order valence-corrected chi connectivity index (χ4v) is 4.15. The van der Waals surface area contributed by atoms with E-state index in [0.29, 0.717) is 22.3 Å². The lowest BCUT2D eigenvalue weighted by Crippen LogP contribution is -2.38. The molecule has 0 bridgehead atoms. The molecule has 1 fully saturated rings. The number of nitrogens with zero attached hydrogens (tertiary/aromatic N) is 1. The van der Waals surface area contributed by atoms with Crippen LogP contribution in [0.5, 0.6) is 5.75 Å². The summed E-state index contributed by atoms with van der Waals surface area (Å²) in [5, 5.41) is 25.0. The van der Waals surface area contributed by atoms with Gasteiger partial charge in [0.25, 0.3) is 5.56 Å². The maximum Gasteiger partial charge on any atom is 0.330 e. The summed E-state index contributed by atoms with van der Waals surface area (Å²) < 4.78 is 12.7. The van der Waals surface area contributed by atoms with Crippen LogP contribution in [-0.2, 0) is 17.9 Å². The van der Waals surface area contributed by atoms with Gasteiger partial charge < -0.3 is 25.0 Å². The van der Waals surface area contributed by atoms with E-state index in [2.05, 4.69) is 10.3 Å². The van der Waals surface area contributed by atoms with Crippen LogP contribution in [0.4, 0.5) is 0 Å². The van der Waals surface area contributed by atoms with Gasteiger partial charge in [0.2, 0.25) is 0 Å². The maximum absolute atomic E-state index is 12.0. The largest absolute Gasteiger partial charge is 0.489 e. The molecule has 2 aromatic carbocycles. The lowest BCUT2D eigenvalue weighted by molar-refractivity contribution is -0.0392. The van der Waals surface area contributed by atoms with Crippen molar-refractivity contribution in [2.45, 2.75) is 37.7 Å². The smallest absolute Gasteiger partial charge is 0.330 e. The molecule has 9 nitrogen and oxygen atoms in total. The number of aliphatic hydroxyl groups is 2. The number of halogens is 2. The van der Waals surface area contributed by atoms with Crippen LogP contribution in [0.3, 0.4) is 0 Å². The normalized spacial score (nSPS) is 22.1. The van der Waals surface area contributed by atoms with Crippen LogP contribution in [0.1, 0.15) is 17.4 Å². The molecule has 34 heavy (non-hydrogen) atoms. The first-order valence-electron chi connectivity index (χ1n) is 10.5. The standard InChI is InChI=1S/C23H23Cl2N3O6/c24-15-6-5-14(16(25)9-15)12-33-17-4-2-1-3-13(17)10-26-11-18-20(30)21(31)22(34-18)28-8-7-19(29)27-23(28)32/h1-9,18,20-22,26,30-31H,10-12H2,(H,27,29,32)/t18-,20-,21-,22-/m1/s1. The van der Waals surface area contributed by atoms with Gasteiger partial charge in [-0.05, 0) is 18.2 Å². The Labute approximate surface area is 204 Å². The molecule has 0 amide bonds. The first kappa shape index (κ1) is 24.5. The molecule has 1 aliphatic heterocycles. The van der Waals surface area contributed by atoms with E-state index in [1.165, 1.54) is 6.20 Å². The van der Waals surface area contributed by atoms with Crippen molar-refractivity contribution in [1.29, 1.82) is 0 Å². The van der Waals surface area contributed by atoms with Crippen LogP contribution in [0.15, 0.2) is 64.3 Å². The first-order chi connectivity index (χ1) is 16.3. The average molecular weight is 508 g/mol. The Morgan fingerprint density at radius 2 is 1.85 bits per heavy atom. The fourth-order valence-electron chi connectivity index (χ4n) is 3.69. The van der Waals surface area contributed by atoms with Crippen LogP contribution in [0.2, 0.25) is 10.0 Å². The van der Waals surface area contributed by atoms with Crippen molar-refractivity contribution in [2.24, 2.45) is 0 Å². The van der Waals surface area contributed by atoms with Gasteiger partial charge in [-0.2, -0.15) is 0 Å². The van der Waals surface area contributed by atoms with Gasteiger partial charge in [0.15, 0.2) is 6.23 Å². The van der Waals surface area contributed by atoms with E-state index < -0.39 is 35.8 Å². The Bertz CT molecular complexity index is 1260. The van der Waals surface area contributed by atoms with E-state index in [-0.39, 0.29) is 13.2 Å². The van der Waals surface area contributed by atoms with Crippen molar-refractivity contribution in [3.8, 4) is 5.75 Å². The van der Waals surface area contributed by atoms with Crippen molar-refractivity contribution < 1.29 is 19.7 Å². The van der Waals surface area contributed by atoms with Gasteiger partial charge >= 0.3 is 5.69 Å². The van der Waals surface area contributed by atoms with E-state index in [4.69, 9.17) is 32.7 Å². The summed E-state index contributed by atoms with van der Waals surface area (Å²) in [7, 11) is 0. The number of aromatic nitrogens is 2. The fraction of sp³-hybridized carbons (Fsp3) is 0.304. The summed E-state index contributed by atoms with van der Waals surface area (Å²) >= 11 is 12.2. The zero-order valence-corrected chi connectivity index (χ0v) is 19.4. The molecular formula is C23H23Cl2N3O6. The quantitative estimate of drug-likeness (QED) is 0.366. The van der Waals surface area contributed by atoms with Gasteiger partial charge in [0.1, 0.15) is 30.7 Å². The molecule has 1 aromatic heterocycles. The van der Waals surface area contributed by atoms with E-state index in [1.54, 1.807) is 18.2 Å². The SMILES string of the molecule is O=c1ccn([C@@H]2O[C@H](CNCc3ccccc3OCc3ccc(Cl)cc3Cl)[C@@H](O)[C@H]2O)c(=O)[nH]1. The maximum atomic E-state index is 12.0. The van der Waals surface area contributed by atoms with Gasteiger partial charge in [-0.1, -0.05) is 47.5 Å². The highest BCUT2D eigenvalue weighted by Gasteiger charge is 2.43. The number of para-hydroxylation sites is 1. The number of H-pyrrole nitrogens is 1. The van der Waals surface area contributed by atoms with Crippen LogP contribution < -0.4 is 21.3 Å². The predicted octanol–water partition coefficient (Wildman–Crippen LogP) is 1.83. The molecule has 0 aliphatic carbocycles. The summed E-state index contributed by atoms with van der Waals surface area (Å²) in [5.74, 6) is 0.659. The van der Waals surface area contributed by atoms with Crippen molar-refractivity contribution in [1.82, 2.24) is 14.9 Å². The summed E-state index contributed by atoms with van der Waals surface area (Å²) in [6.07, 6.45) is -3.24. The van der Waals surface area contributed by atoms with E-state index in [9.17, 15) is 19.8 Å². The van der Waals surface area contributed by atoms with E-state index in [0.717, 1.165) is 21.8 Å². The van der Waals surface area contributed by atoms with E-state index in [1.807, 2.05) is 24.3 Å². The minimum atomic E-state index is -1.34. The molecule has 180 valence electrons. The van der Waals surface area contributed by atoms with Crippen molar-refractivity contribution in [3.05, 3.63) is 96.7 Å². The van der Waals surface area contributed by atoms with Gasteiger partial charge in [-0.25, -0.2) is 4.79 Å². The predicted molar refractivity (Wildman–Crippen MR) is 126 cm³/mol. The number of aliphatic hydroxyl groups excluding tert-OH is 2. The number of nitrogens with one attached hydrogen (secondary N) is 2.